The zero-order valence-corrected chi connectivity index (χ0v) is 7.47. The smallest absolute Gasteiger partial charge is 0.167 e. The molecule has 1 aliphatic heterocycles. The number of likely N-dealkylation sites (N-methyl/N-ethyl adjacent to an activating group) is 1. The van der Waals surface area contributed by atoms with Crippen LogP contribution in [0, 0.1) is 0 Å². The van der Waals surface area contributed by atoms with Crippen LogP contribution in [0.5, 0.6) is 0 Å². The van der Waals surface area contributed by atoms with Gasteiger partial charge in [-0.15, -0.1) is 0 Å². The average Bonchev–Trinajstić information content (AvgIpc) is 2.55. The van der Waals surface area contributed by atoms with Gasteiger partial charge in [0.05, 0.1) is 12.1 Å². The Kier molecular flexibility index (Phi) is 3.65. The molecule has 4 N–H and O–H groups in total. The maximum Gasteiger partial charge on any atom is 0.167 e. The summed E-state index contributed by atoms with van der Waals surface area (Å²) in [6, 6.07) is -0.348. The normalized spacial score (nSPS) is 25.7. The summed E-state index contributed by atoms with van der Waals surface area (Å²) in [5.74, 6) is 0.141. The van der Waals surface area contributed by atoms with Gasteiger partial charge in [0.2, 0.25) is 0 Å². The topological polar surface area (TPSA) is 67.1 Å². The second-order valence-corrected chi connectivity index (χ2v) is 3.22. The van der Waals surface area contributed by atoms with Gasteiger partial charge in [0.15, 0.2) is 5.78 Å². The van der Waals surface area contributed by atoms with Gasteiger partial charge in [-0.3, -0.25) is 4.79 Å². The lowest BCUT2D eigenvalue weighted by Gasteiger charge is -2.14. The van der Waals surface area contributed by atoms with Crippen molar-refractivity contribution in [1.29, 1.82) is 0 Å². The van der Waals surface area contributed by atoms with E-state index < -0.39 is 0 Å². The average molecular weight is 171 g/mol. The molecular weight excluding hydrogens is 154 g/mol. The standard InChI is InChI=1S/C8H17N3O/c1-10-5-6(9)8(12)7-3-2-4-11-7/h6-7,10-11H,2-5,9H2,1H3/t6?,7-/m0/s1. The minimum absolute atomic E-state index is 0.00773. The van der Waals surface area contributed by atoms with Crippen LogP contribution in [0.25, 0.3) is 0 Å². The minimum Gasteiger partial charge on any atom is -0.320 e. The number of hydrogen-bond donors (Lipinski definition) is 3. The molecule has 0 aliphatic carbocycles. The van der Waals surface area contributed by atoms with E-state index in [0.717, 1.165) is 19.4 Å². The van der Waals surface area contributed by atoms with E-state index in [2.05, 4.69) is 10.6 Å². The molecule has 0 aromatic rings. The first-order valence-electron chi connectivity index (χ1n) is 4.43. The molecule has 1 fully saturated rings. The van der Waals surface area contributed by atoms with Crippen LogP contribution >= 0.6 is 0 Å². The molecule has 12 heavy (non-hydrogen) atoms. The quantitative estimate of drug-likeness (QED) is 0.500. The highest BCUT2D eigenvalue weighted by atomic mass is 16.1. The van der Waals surface area contributed by atoms with Crippen LogP contribution in [-0.2, 0) is 4.79 Å². The van der Waals surface area contributed by atoms with Crippen LogP contribution in [0.3, 0.4) is 0 Å². The summed E-state index contributed by atoms with van der Waals surface area (Å²) in [5, 5.41) is 6.04. The fourth-order valence-corrected chi connectivity index (χ4v) is 1.51. The van der Waals surface area contributed by atoms with Gasteiger partial charge in [-0.1, -0.05) is 0 Å². The van der Waals surface area contributed by atoms with Crippen molar-refractivity contribution < 1.29 is 4.79 Å². The number of nitrogens with one attached hydrogen (secondary N) is 2. The summed E-state index contributed by atoms with van der Waals surface area (Å²) in [7, 11) is 1.80. The van der Waals surface area contributed by atoms with Crippen LogP contribution in [0.15, 0.2) is 0 Å². The Hall–Kier alpha value is -0.450. The van der Waals surface area contributed by atoms with E-state index in [0.29, 0.717) is 6.54 Å². The monoisotopic (exact) mass is 171 g/mol. The fraction of sp³-hybridized carbons (Fsp3) is 0.875. The molecule has 1 saturated heterocycles. The lowest BCUT2D eigenvalue weighted by atomic mass is 10.0. The SMILES string of the molecule is CNCC(N)C(=O)[C@@H]1CCCN1. The maximum absolute atomic E-state index is 11.5. The third kappa shape index (κ3) is 2.27. The van der Waals surface area contributed by atoms with E-state index in [4.69, 9.17) is 5.73 Å². The van der Waals surface area contributed by atoms with Gasteiger partial charge in [-0.05, 0) is 26.4 Å². The Labute approximate surface area is 72.9 Å². The second kappa shape index (κ2) is 4.54. The van der Waals surface area contributed by atoms with Crippen LogP contribution in [-0.4, -0.2) is 38.0 Å². The molecular formula is C8H17N3O. The van der Waals surface area contributed by atoms with E-state index in [9.17, 15) is 4.79 Å². The predicted molar refractivity (Wildman–Crippen MR) is 47.9 cm³/mol. The van der Waals surface area contributed by atoms with Crippen LogP contribution < -0.4 is 16.4 Å². The lowest BCUT2D eigenvalue weighted by molar-refractivity contribution is -0.121. The van der Waals surface area contributed by atoms with Crippen molar-refractivity contribution in [1.82, 2.24) is 10.6 Å². The highest BCUT2D eigenvalue weighted by Gasteiger charge is 2.25. The van der Waals surface area contributed by atoms with Crippen molar-refractivity contribution in [3.8, 4) is 0 Å². The molecule has 4 heteroatoms. The number of hydrogen-bond acceptors (Lipinski definition) is 4. The number of rotatable bonds is 4. The molecule has 0 saturated carbocycles. The number of ketones is 1. The van der Waals surface area contributed by atoms with Crippen molar-refractivity contribution in [3.05, 3.63) is 0 Å². The second-order valence-electron chi connectivity index (χ2n) is 3.22. The van der Waals surface area contributed by atoms with Crippen molar-refractivity contribution in [2.24, 2.45) is 5.73 Å². The molecule has 0 radical (unpaired) electrons. The third-order valence-corrected chi connectivity index (χ3v) is 2.19. The summed E-state index contributed by atoms with van der Waals surface area (Å²) in [4.78, 5) is 11.5. The van der Waals surface area contributed by atoms with Gasteiger partial charge in [0.1, 0.15) is 0 Å². The Morgan fingerprint density at radius 1 is 1.83 bits per heavy atom. The minimum atomic E-state index is -0.356. The summed E-state index contributed by atoms with van der Waals surface area (Å²) in [6.07, 6.45) is 2.03. The van der Waals surface area contributed by atoms with E-state index in [-0.39, 0.29) is 17.9 Å². The van der Waals surface area contributed by atoms with Crippen LogP contribution in [0.2, 0.25) is 0 Å². The van der Waals surface area contributed by atoms with Gasteiger partial charge >= 0.3 is 0 Å². The van der Waals surface area contributed by atoms with E-state index >= 15 is 0 Å². The number of carbonyl (C=O) groups is 1. The molecule has 0 bridgehead atoms. The molecule has 1 aliphatic rings. The number of carbonyl (C=O) groups excluding carboxylic acids is 1. The van der Waals surface area contributed by atoms with Crippen molar-refractivity contribution >= 4 is 5.78 Å². The summed E-state index contributed by atoms with van der Waals surface area (Å²) < 4.78 is 0. The first kappa shape index (κ1) is 9.64. The summed E-state index contributed by atoms with van der Waals surface area (Å²) in [5.41, 5.74) is 5.66. The van der Waals surface area contributed by atoms with E-state index in [1.54, 1.807) is 7.05 Å². The van der Waals surface area contributed by atoms with E-state index in [1.165, 1.54) is 0 Å². The first-order valence-corrected chi connectivity index (χ1v) is 4.43. The molecule has 1 heterocycles. The Morgan fingerprint density at radius 2 is 2.58 bits per heavy atom. The van der Waals surface area contributed by atoms with Gasteiger partial charge in [-0.2, -0.15) is 0 Å². The summed E-state index contributed by atoms with van der Waals surface area (Å²) >= 11 is 0. The Bertz CT molecular complexity index is 154. The van der Waals surface area contributed by atoms with Crippen LogP contribution in [0.4, 0.5) is 0 Å². The summed E-state index contributed by atoms with van der Waals surface area (Å²) in [6.45, 7) is 1.51. The molecule has 0 amide bonds. The molecule has 0 aromatic carbocycles. The van der Waals surface area contributed by atoms with Crippen molar-refractivity contribution in [3.63, 3.8) is 0 Å². The highest BCUT2D eigenvalue weighted by Crippen LogP contribution is 2.06. The van der Waals surface area contributed by atoms with Gasteiger partial charge < -0.3 is 16.4 Å². The zero-order chi connectivity index (χ0) is 8.97. The highest BCUT2D eigenvalue weighted by molar-refractivity contribution is 5.89. The molecule has 70 valence electrons. The Balaban J connectivity index is 2.34. The van der Waals surface area contributed by atoms with Gasteiger partial charge in [0, 0.05) is 6.54 Å². The van der Waals surface area contributed by atoms with Gasteiger partial charge in [0.25, 0.3) is 0 Å². The zero-order valence-electron chi connectivity index (χ0n) is 7.47. The molecule has 0 aromatic heterocycles. The molecule has 1 rings (SSSR count). The maximum atomic E-state index is 11.5. The predicted octanol–water partition coefficient (Wildman–Crippen LogP) is -1.15. The number of Topliss-reactive ketones (excluding diaryl/α,β-unsaturated/α-hetero) is 1. The first-order chi connectivity index (χ1) is 5.75. The third-order valence-electron chi connectivity index (χ3n) is 2.19. The number of nitrogens with two attached hydrogens (primary N) is 1. The largest absolute Gasteiger partial charge is 0.320 e. The molecule has 0 spiro atoms. The Morgan fingerprint density at radius 3 is 3.08 bits per heavy atom. The van der Waals surface area contributed by atoms with Crippen molar-refractivity contribution in [2.45, 2.75) is 24.9 Å². The van der Waals surface area contributed by atoms with E-state index in [1.807, 2.05) is 0 Å². The lowest BCUT2D eigenvalue weighted by Crippen LogP contribution is -2.47. The molecule has 4 nitrogen and oxygen atoms in total. The molecule has 2 atom stereocenters. The van der Waals surface area contributed by atoms with Crippen molar-refractivity contribution in [2.75, 3.05) is 20.1 Å². The van der Waals surface area contributed by atoms with Crippen LogP contribution in [0.1, 0.15) is 12.8 Å². The van der Waals surface area contributed by atoms with Gasteiger partial charge in [-0.25, -0.2) is 0 Å². The fourth-order valence-electron chi connectivity index (χ4n) is 1.51. The molecule has 1 unspecified atom stereocenters.